The minimum Gasteiger partial charge on any atom is -0.336 e. The fourth-order valence-corrected chi connectivity index (χ4v) is 6.52. The number of aliphatic imine (C=N–C) groups is 1. The van der Waals surface area contributed by atoms with Crippen molar-refractivity contribution in [2.24, 2.45) is 4.99 Å². The second-order valence-corrected chi connectivity index (χ2v) is 10.3. The molecule has 0 atom stereocenters. The van der Waals surface area contributed by atoms with Crippen molar-refractivity contribution in [3.05, 3.63) is 98.4 Å². The van der Waals surface area contributed by atoms with Crippen LogP contribution in [0.15, 0.2) is 86.6 Å². The number of thioether (sulfide) groups is 2. The van der Waals surface area contributed by atoms with Crippen LogP contribution in [0, 0.1) is 18.3 Å². The average Bonchev–Trinajstić information content (AvgIpc) is 3.33. The second-order valence-electron chi connectivity index (χ2n) is 7.87. The molecule has 0 saturated carbocycles. The maximum Gasteiger partial charge on any atom is 0.269 e. The third kappa shape index (κ3) is 4.09. The number of rotatable bonds is 3. The molecule has 1 amide bonds. The number of anilines is 1. The van der Waals surface area contributed by atoms with E-state index in [1.807, 2.05) is 73.5 Å². The van der Waals surface area contributed by atoms with Gasteiger partial charge in [0.05, 0.1) is 39.6 Å². The molecule has 0 bridgehead atoms. The van der Waals surface area contributed by atoms with Crippen LogP contribution in [0.5, 0.6) is 0 Å². The van der Waals surface area contributed by atoms with E-state index in [2.05, 4.69) is 6.07 Å². The maximum atomic E-state index is 13.7. The molecule has 5 nitrogen and oxygen atoms in total. The van der Waals surface area contributed by atoms with E-state index in [-0.39, 0.29) is 5.91 Å². The summed E-state index contributed by atoms with van der Waals surface area (Å²) in [6.45, 7) is 2.35. The van der Waals surface area contributed by atoms with Crippen molar-refractivity contribution in [3.63, 3.8) is 0 Å². The molecule has 5 rings (SSSR count). The number of nitriles is 1. The van der Waals surface area contributed by atoms with Crippen molar-refractivity contribution in [2.45, 2.75) is 18.4 Å². The molecule has 1 saturated heterocycles. The third-order valence-electron chi connectivity index (χ3n) is 5.59. The third-order valence-corrected chi connectivity index (χ3v) is 8.31. The summed E-state index contributed by atoms with van der Waals surface area (Å²) in [5.74, 6) is -0.0972. The molecule has 2 heterocycles. The van der Waals surface area contributed by atoms with Gasteiger partial charge in [0, 0.05) is 11.9 Å². The smallest absolute Gasteiger partial charge is 0.269 e. The summed E-state index contributed by atoms with van der Waals surface area (Å²) < 4.78 is 0. The molecule has 8 heteroatoms. The number of amidine groups is 1. The molecule has 0 aromatic heterocycles. The normalized spacial score (nSPS) is 18.5. The number of hydrogen-bond acceptors (Lipinski definition) is 6. The lowest BCUT2D eigenvalue weighted by molar-refractivity contribution is -0.122. The molecule has 34 heavy (non-hydrogen) atoms. The van der Waals surface area contributed by atoms with Gasteiger partial charge in [-0.05, 0) is 54.1 Å². The van der Waals surface area contributed by atoms with Crippen LogP contribution in [0.2, 0.25) is 5.02 Å². The Morgan fingerprint density at radius 3 is 2.59 bits per heavy atom. The van der Waals surface area contributed by atoms with Gasteiger partial charge in [-0.15, -0.1) is 0 Å². The van der Waals surface area contributed by atoms with Gasteiger partial charge in [-0.2, -0.15) is 5.26 Å². The Morgan fingerprint density at radius 1 is 1.06 bits per heavy atom. The van der Waals surface area contributed by atoms with E-state index in [9.17, 15) is 10.1 Å². The van der Waals surface area contributed by atoms with Crippen molar-refractivity contribution in [1.82, 2.24) is 4.90 Å². The van der Waals surface area contributed by atoms with Crippen LogP contribution in [-0.4, -0.2) is 23.0 Å². The topological polar surface area (TPSA) is 59.7 Å². The molecule has 0 N–H and O–H groups in total. The number of para-hydroxylation sites is 1. The Morgan fingerprint density at radius 2 is 1.85 bits per heavy atom. The molecular weight excluding hydrogens is 484 g/mol. The highest BCUT2D eigenvalue weighted by molar-refractivity contribution is 8.19. The summed E-state index contributed by atoms with van der Waals surface area (Å²) in [7, 11) is 1.93. The van der Waals surface area contributed by atoms with Gasteiger partial charge < -0.3 is 4.90 Å². The van der Waals surface area contributed by atoms with Crippen LogP contribution in [-0.2, 0) is 11.3 Å². The molecule has 3 aromatic rings. The maximum absolute atomic E-state index is 13.7. The van der Waals surface area contributed by atoms with Gasteiger partial charge >= 0.3 is 0 Å². The minimum atomic E-state index is -0.0972. The van der Waals surface area contributed by atoms with E-state index in [4.69, 9.17) is 16.6 Å². The van der Waals surface area contributed by atoms with E-state index in [0.717, 1.165) is 26.7 Å². The molecule has 2 aliphatic rings. The predicted molar refractivity (Wildman–Crippen MR) is 140 cm³/mol. The van der Waals surface area contributed by atoms with Crippen molar-refractivity contribution in [1.29, 1.82) is 5.26 Å². The summed E-state index contributed by atoms with van der Waals surface area (Å²) in [4.78, 5) is 23.9. The Hall–Kier alpha value is -3.18. The number of aryl methyl sites for hydroxylation is 1. The summed E-state index contributed by atoms with van der Waals surface area (Å²) in [6.07, 6.45) is 0. The first-order valence-electron chi connectivity index (χ1n) is 10.5. The first-order chi connectivity index (χ1) is 16.5. The fourth-order valence-electron chi connectivity index (χ4n) is 3.80. The quantitative estimate of drug-likeness (QED) is 0.373. The number of fused-ring (bicyclic) bond motifs is 1. The fraction of sp³-hybridized carbons (Fsp3) is 0.115. The number of halogens is 1. The zero-order chi connectivity index (χ0) is 23.8. The highest BCUT2D eigenvalue weighted by atomic mass is 35.5. The van der Waals surface area contributed by atoms with Crippen LogP contribution in [0.1, 0.15) is 16.7 Å². The molecule has 0 unspecified atom stereocenters. The predicted octanol–water partition coefficient (Wildman–Crippen LogP) is 6.69. The van der Waals surface area contributed by atoms with Gasteiger partial charge in [0.25, 0.3) is 5.91 Å². The Bertz CT molecular complexity index is 1410. The lowest BCUT2D eigenvalue weighted by Gasteiger charge is -2.17. The Labute approximate surface area is 211 Å². The number of hydrogen-bond donors (Lipinski definition) is 0. The number of nitrogens with zero attached hydrogens (tertiary/aromatic N) is 4. The first kappa shape index (κ1) is 22.6. The van der Waals surface area contributed by atoms with Crippen LogP contribution in [0.3, 0.4) is 0 Å². The first-order valence-corrected chi connectivity index (χ1v) is 12.5. The zero-order valence-corrected chi connectivity index (χ0v) is 20.8. The highest BCUT2D eigenvalue weighted by Crippen LogP contribution is 2.52. The van der Waals surface area contributed by atoms with E-state index in [0.29, 0.717) is 32.9 Å². The molecular formula is C26H19ClN4OS2. The largest absolute Gasteiger partial charge is 0.336 e. The van der Waals surface area contributed by atoms with Crippen molar-refractivity contribution >= 4 is 57.6 Å². The number of carbonyl (C=O) groups is 1. The van der Waals surface area contributed by atoms with Gasteiger partial charge in [0.15, 0.2) is 5.17 Å². The van der Waals surface area contributed by atoms with Gasteiger partial charge in [0.2, 0.25) is 0 Å². The number of amides is 1. The van der Waals surface area contributed by atoms with Gasteiger partial charge in [-0.1, -0.05) is 65.8 Å². The summed E-state index contributed by atoms with van der Waals surface area (Å²) in [6, 6.07) is 23.2. The monoisotopic (exact) mass is 502 g/mol. The van der Waals surface area contributed by atoms with E-state index in [1.165, 1.54) is 11.8 Å². The van der Waals surface area contributed by atoms with E-state index >= 15 is 0 Å². The lowest BCUT2D eigenvalue weighted by Crippen LogP contribution is -2.29. The molecule has 2 aliphatic heterocycles. The van der Waals surface area contributed by atoms with Gasteiger partial charge in [-0.25, -0.2) is 4.99 Å². The molecule has 3 aromatic carbocycles. The van der Waals surface area contributed by atoms with Crippen molar-refractivity contribution in [2.75, 3.05) is 11.9 Å². The zero-order valence-electron chi connectivity index (χ0n) is 18.4. The van der Waals surface area contributed by atoms with Crippen LogP contribution in [0.4, 0.5) is 11.4 Å². The van der Waals surface area contributed by atoms with Gasteiger partial charge in [0.1, 0.15) is 4.91 Å². The van der Waals surface area contributed by atoms with Crippen molar-refractivity contribution in [3.8, 4) is 6.07 Å². The lowest BCUT2D eigenvalue weighted by atomic mass is 10.1. The summed E-state index contributed by atoms with van der Waals surface area (Å²) in [5.41, 5.74) is 4.06. The van der Waals surface area contributed by atoms with Crippen LogP contribution in [0.25, 0.3) is 0 Å². The highest BCUT2D eigenvalue weighted by Gasteiger charge is 2.39. The molecule has 0 radical (unpaired) electrons. The van der Waals surface area contributed by atoms with E-state index in [1.54, 1.807) is 28.8 Å². The number of benzene rings is 3. The van der Waals surface area contributed by atoms with Crippen LogP contribution >= 0.6 is 35.1 Å². The van der Waals surface area contributed by atoms with Crippen molar-refractivity contribution < 1.29 is 4.79 Å². The molecule has 168 valence electrons. The Kier molecular flexibility index (Phi) is 6.13. The van der Waals surface area contributed by atoms with Gasteiger partial charge in [-0.3, -0.25) is 9.69 Å². The van der Waals surface area contributed by atoms with E-state index < -0.39 is 0 Å². The summed E-state index contributed by atoms with van der Waals surface area (Å²) >= 11 is 9.36. The average molecular weight is 503 g/mol. The molecule has 0 spiro atoms. The number of carbonyl (C=O) groups excluding carboxylic acids is 1. The summed E-state index contributed by atoms with van der Waals surface area (Å²) in [5, 5.41) is 11.4. The Balaban J connectivity index is 1.60. The SMILES string of the molecule is Cc1ccc(C#N)cc1N=C1S/C(=C2\Sc3cccc(Cl)c3N2C)C(=O)N1Cc1ccccc1. The second kappa shape index (κ2) is 9.22. The standard InChI is InChI=1S/C26H19ClN4OS2/c1-16-11-12-18(14-28)13-20(16)29-26-31(15-17-7-4-3-5-8-17)24(32)23(34-26)25-30(2)22-19(27)9-6-10-21(22)33-25/h3-13H,15H2,1-2H3/b25-23-,29-26?. The minimum absolute atomic E-state index is 0.0972. The molecule has 1 fully saturated rings. The van der Waals surface area contributed by atoms with Crippen LogP contribution < -0.4 is 4.90 Å². The molecule has 0 aliphatic carbocycles.